The summed E-state index contributed by atoms with van der Waals surface area (Å²) in [6.45, 7) is 4.85. The Morgan fingerprint density at radius 3 is 2.73 bits per heavy atom. The van der Waals surface area contributed by atoms with Gasteiger partial charge in [0, 0.05) is 0 Å². The Kier molecular flexibility index (Phi) is 6.04. The van der Waals surface area contributed by atoms with Crippen molar-refractivity contribution in [2.45, 2.75) is 57.9 Å². The van der Waals surface area contributed by atoms with Crippen molar-refractivity contribution in [3.63, 3.8) is 0 Å². The molecule has 1 aliphatic carbocycles. The normalized spacial score (nSPS) is 16.1. The lowest BCUT2D eigenvalue weighted by Gasteiger charge is -2.23. The highest BCUT2D eigenvalue weighted by atomic mass is 16.5. The third-order valence-corrected chi connectivity index (χ3v) is 4.40. The molecular weight excluding hydrogens is 274 g/mol. The number of aliphatic hydroxyl groups excluding tert-OH is 1. The average molecular weight is 303 g/mol. The summed E-state index contributed by atoms with van der Waals surface area (Å²) in [6, 6.07) is 6.22. The van der Waals surface area contributed by atoms with Crippen LogP contribution in [0.15, 0.2) is 23.8 Å². The smallest absolute Gasteiger partial charge is 0.119 e. The lowest BCUT2D eigenvalue weighted by atomic mass is 9.92. The maximum absolute atomic E-state index is 9.40. The van der Waals surface area contributed by atoms with Gasteiger partial charge in [0.05, 0.1) is 18.8 Å². The summed E-state index contributed by atoms with van der Waals surface area (Å²) in [5.74, 6) is 0.937. The number of hydrogen-bond acceptors (Lipinski definition) is 3. The second-order valence-corrected chi connectivity index (χ2v) is 6.55. The highest BCUT2D eigenvalue weighted by molar-refractivity contribution is 5.67. The molecule has 3 N–H and O–H groups in total. The zero-order valence-electron chi connectivity index (χ0n) is 13.9. The number of rotatable bonds is 9. The van der Waals surface area contributed by atoms with Crippen LogP contribution in [-0.2, 0) is 6.42 Å². The Hall–Kier alpha value is -1.32. The molecular formula is C19H29NO2. The number of benzene rings is 1. The van der Waals surface area contributed by atoms with E-state index in [1.165, 1.54) is 36.8 Å². The van der Waals surface area contributed by atoms with Gasteiger partial charge in [0.25, 0.3) is 0 Å². The van der Waals surface area contributed by atoms with E-state index in [-0.39, 0.29) is 6.61 Å². The zero-order chi connectivity index (χ0) is 16.0. The van der Waals surface area contributed by atoms with Crippen LogP contribution < -0.4 is 10.5 Å². The van der Waals surface area contributed by atoms with Crippen LogP contribution in [-0.4, -0.2) is 23.9 Å². The predicted octanol–water partition coefficient (Wildman–Crippen LogP) is 3.69. The lowest BCUT2D eigenvalue weighted by molar-refractivity contribution is 0.230. The molecule has 1 aromatic carbocycles. The minimum absolute atomic E-state index is 0.0338. The van der Waals surface area contributed by atoms with E-state index in [0.29, 0.717) is 0 Å². The molecule has 122 valence electrons. The molecule has 0 unspecified atom stereocenters. The molecule has 0 amide bonds. The average Bonchev–Trinajstić information content (AvgIpc) is 2.95. The fourth-order valence-corrected chi connectivity index (χ4v) is 2.77. The van der Waals surface area contributed by atoms with Crippen molar-refractivity contribution >= 4 is 6.08 Å². The van der Waals surface area contributed by atoms with Gasteiger partial charge < -0.3 is 15.6 Å². The van der Waals surface area contributed by atoms with Crippen LogP contribution in [0.5, 0.6) is 5.75 Å². The van der Waals surface area contributed by atoms with Gasteiger partial charge in [0.1, 0.15) is 5.75 Å². The van der Waals surface area contributed by atoms with Crippen molar-refractivity contribution in [3.05, 3.63) is 34.9 Å². The van der Waals surface area contributed by atoms with Crippen LogP contribution in [0, 0.1) is 0 Å². The van der Waals surface area contributed by atoms with Crippen molar-refractivity contribution < 1.29 is 9.84 Å². The molecule has 1 aromatic rings. The summed E-state index contributed by atoms with van der Waals surface area (Å²) in [7, 11) is 0. The van der Waals surface area contributed by atoms with Gasteiger partial charge in [-0.05, 0) is 48.6 Å². The molecule has 0 bridgehead atoms. The molecule has 0 aromatic heterocycles. The first-order chi connectivity index (χ1) is 10.6. The Morgan fingerprint density at radius 1 is 1.23 bits per heavy atom. The molecule has 2 rings (SSSR count). The topological polar surface area (TPSA) is 55.5 Å². The molecule has 0 heterocycles. The second kappa shape index (κ2) is 7.80. The van der Waals surface area contributed by atoms with E-state index in [2.05, 4.69) is 25.1 Å². The summed E-state index contributed by atoms with van der Waals surface area (Å²) >= 11 is 0. The highest BCUT2D eigenvalue weighted by Gasteiger charge is 2.27. The number of ether oxygens (including phenoxy) is 1. The van der Waals surface area contributed by atoms with Crippen LogP contribution in [0.25, 0.3) is 6.08 Å². The monoisotopic (exact) mass is 303 g/mol. The molecule has 22 heavy (non-hydrogen) atoms. The molecule has 0 aliphatic heterocycles. The molecule has 0 spiro atoms. The molecule has 0 radical (unpaired) electrons. The van der Waals surface area contributed by atoms with Gasteiger partial charge in [0.15, 0.2) is 0 Å². The maximum Gasteiger partial charge on any atom is 0.119 e. The van der Waals surface area contributed by atoms with Crippen molar-refractivity contribution in [2.75, 3.05) is 13.2 Å². The second-order valence-electron chi connectivity index (χ2n) is 6.55. The number of nitrogens with two attached hydrogens (primary N) is 1. The van der Waals surface area contributed by atoms with Gasteiger partial charge in [-0.15, -0.1) is 0 Å². The van der Waals surface area contributed by atoms with Crippen LogP contribution in [0.2, 0.25) is 0 Å². The van der Waals surface area contributed by atoms with E-state index in [0.717, 1.165) is 30.8 Å². The highest BCUT2D eigenvalue weighted by Crippen LogP contribution is 2.32. The summed E-state index contributed by atoms with van der Waals surface area (Å²) in [5.41, 5.74) is 9.00. The summed E-state index contributed by atoms with van der Waals surface area (Å²) < 4.78 is 5.85. The maximum atomic E-state index is 9.40. The van der Waals surface area contributed by atoms with Gasteiger partial charge >= 0.3 is 0 Å². The van der Waals surface area contributed by atoms with Crippen LogP contribution >= 0.6 is 0 Å². The standard InChI is InChI=1S/C19H29NO2/c1-3-4-5-6-7-10-22-18-9-8-15-11-17(12-16(15)13-18)19(2,20)14-21/h8-9,11,13,21H,3-7,10,12,14,20H2,1-2H3/t19-/m1/s1. The first-order valence-corrected chi connectivity index (χ1v) is 8.43. The summed E-state index contributed by atoms with van der Waals surface area (Å²) in [5, 5.41) is 9.40. The van der Waals surface area contributed by atoms with E-state index >= 15 is 0 Å². The molecule has 3 heteroatoms. The van der Waals surface area contributed by atoms with E-state index in [4.69, 9.17) is 10.5 Å². The summed E-state index contributed by atoms with van der Waals surface area (Å²) in [4.78, 5) is 0. The van der Waals surface area contributed by atoms with Gasteiger partial charge in [-0.1, -0.05) is 44.7 Å². The Bertz CT molecular complexity index is 520. The van der Waals surface area contributed by atoms with E-state index in [1.54, 1.807) is 0 Å². The number of fused-ring (bicyclic) bond motifs is 1. The third kappa shape index (κ3) is 4.34. The third-order valence-electron chi connectivity index (χ3n) is 4.40. The van der Waals surface area contributed by atoms with Crippen LogP contribution in [0.4, 0.5) is 0 Å². The molecule has 0 fully saturated rings. The van der Waals surface area contributed by atoms with Gasteiger partial charge in [-0.2, -0.15) is 0 Å². The van der Waals surface area contributed by atoms with Gasteiger partial charge in [0.2, 0.25) is 0 Å². The van der Waals surface area contributed by atoms with Gasteiger partial charge in [-0.25, -0.2) is 0 Å². The Labute approximate surface area is 134 Å². The molecule has 0 saturated carbocycles. The van der Waals surface area contributed by atoms with E-state index in [9.17, 15) is 5.11 Å². The van der Waals surface area contributed by atoms with E-state index in [1.807, 2.05) is 13.0 Å². The predicted molar refractivity (Wildman–Crippen MR) is 92.1 cm³/mol. The SMILES string of the molecule is CCCCCCCOc1ccc2c(c1)CC([C@](C)(N)CO)=C2. The fourth-order valence-electron chi connectivity index (χ4n) is 2.77. The number of unbranched alkanes of at least 4 members (excludes halogenated alkanes) is 4. The molecule has 1 atom stereocenters. The minimum Gasteiger partial charge on any atom is -0.494 e. The Morgan fingerprint density at radius 2 is 2.00 bits per heavy atom. The molecule has 3 nitrogen and oxygen atoms in total. The largest absolute Gasteiger partial charge is 0.494 e. The van der Waals surface area contributed by atoms with Gasteiger partial charge in [-0.3, -0.25) is 0 Å². The zero-order valence-corrected chi connectivity index (χ0v) is 13.9. The Balaban J connectivity index is 1.85. The van der Waals surface area contributed by atoms with Crippen LogP contribution in [0.1, 0.15) is 57.1 Å². The van der Waals surface area contributed by atoms with Crippen molar-refractivity contribution in [1.82, 2.24) is 0 Å². The number of aliphatic hydroxyl groups is 1. The van der Waals surface area contributed by atoms with E-state index < -0.39 is 5.54 Å². The first-order valence-electron chi connectivity index (χ1n) is 8.43. The lowest BCUT2D eigenvalue weighted by Crippen LogP contribution is -2.42. The quantitative estimate of drug-likeness (QED) is 0.684. The van der Waals surface area contributed by atoms with Crippen LogP contribution in [0.3, 0.4) is 0 Å². The molecule has 0 saturated heterocycles. The minimum atomic E-state index is -0.640. The first kappa shape index (κ1) is 17.0. The van der Waals surface area contributed by atoms with Crippen molar-refractivity contribution in [1.29, 1.82) is 0 Å². The molecule has 1 aliphatic rings. The summed E-state index contributed by atoms with van der Waals surface area (Å²) in [6.07, 6.45) is 9.15. The number of hydrogen-bond donors (Lipinski definition) is 2. The van der Waals surface area contributed by atoms with Crippen molar-refractivity contribution in [2.24, 2.45) is 5.73 Å². The fraction of sp³-hybridized carbons (Fsp3) is 0.579. The van der Waals surface area contributed by atoms with Crippen molar-refractivity contribution in [3.8, 4) is 5.75 Å².